The van der Waals surface area contributed by atoms with Crippen molar-refractivity contribution in [3.05, 3.63) is 142 Å². The van der Waals surface area contributed by atoms with Crippen LogP contribution in [0.5, 0.6) is 0 Å². The van der Waals surface area contributed by atoms with E-state index in [0.717, 1.165) is 28.0 Å². The van der Waals surface area contributed by atoms with Crippen LogP contribution in [-0.4, -0.2) is 81.3 Å². The summed E-state index contributed by atoms with van der Waals surface area (Å²) in [5.41, 5.74) is -7.60. The second kappa shape index (κ2) is 17.2. The molecule has 2 atom stereocenters. The highest BCUT2D eigenvalue weighted by Crippen LogP contribution is 2.42. The minimum absolute atomic E-state index is 0.0257. The van der Waals surface area contributed by atoms with Crippen LogP contribution in [0.15, 0.2) is 125 Å². The number of carboxylic acids is 1. The Morgan fingerprint density at radius 1 is 0.933 bits per heavy atom. The highest BCUT2D eigenvalue weighted by molar-refractivity contribution is 8.00. The van der Waals surface area contributed by atoms with Gasteiger partial charge in [-0.15, -0.1) is 23.1 Å². The number of aromatic nitrogens is 1. The molecule has 6 rings (SSSR count). The summed E-state index contributed by atoms with van der Waals surface area (Å²) in [5, 5.41) is 19.9. The molecule has 21 heteroatoms. The summed E-state index contributed by atoms with van der Waals surface area (Å²) >= 11 is 1.87. The largest absolute Gasteiger partial charge is 0.534 e. The predicted octanol–water partition coefficient (Wildman–Crippen LogP) is 6.32. The summed E-state index contributed by atoms with van der Waals surface area (Å²) < 4.78 is 70.1. The van der Waals surface area contributed by atoms with Gasteiger partial charge in [-0.3, -0.25) is 19.8 Å². The van der Waals surface area contributed by atoms with Gasteiger partial charge in [-0.25, -0.2) is 14.6 Å². The molecular formula is C39H34F3N5O10S3. The lowest BCUT2D eigenvalue weighted by Gasteiger charge is -2.49. The molecule has 2 aliphatic rings. The van der Waals surface area contributed by atoms with Gasteiger partial charge in [-0.05, 0) is 32.4 Å². The molecule has 1 fully saturated rings. The molecule has 0 aliphatic carbocycles. The fourth-order valence-corrected chi connectivity index (χ4v) is 8.35. The molecule has 0 saturated carbocycles. The first-order valence-electron chi connectivity index (χ1n) is 17.6. The summed E-state index contributed by atoms with van der Waals surface area (Å²) in [6.07, 6.45) is 0.0354. The summed E-state index contributed by atoms with van der Waals surface area (Å²) in [6, 6.07) is 25.9. The van der Waals surface area contributed by atoms with E-state index in [1.165, 1.54) is 5.38 Å². The van der Waals surface area contributed by atoms with Crippen molar-refractivity contribution in [1.82, 2.24) is 15.2 Å². The molecule has 3 N–H and O–H groups in total. The quantitative estimate of drug-likeness (QED) is 0.0257. The molecule has 3 amide bonds. The van der Waals surface area contributed by atoms with Crippen LogP contribution in [0.4, 0.5) is 23.1 Å². The molecule has 314 valence electrons. The number of benzene rings is 3. The Kier molecular flexibility index (Phi) is 12.4. The number of fused-ring (bicyclic) bond motifs is 1. The number of amides is 3. The predicted molar refractivity (Wildman–Crippen MR) is 214 cm³/mol. The third kappa shape index (κ3) is 9.16. The standard InChI is InChI=1S/C39H34F3N5O10S3/c1-37(2,3)56-36(52)45-35-43-27(22-59-35)28(46-57-38(24-13-7-4-8-14-24,25-15-9-5-10-16-25)26-17-11-6-12-18-26)31(48)44-29-32(49)47-30(34(50)51)23(21-58-33(29)47)19-20-55-60(53,54)39(40,41)42/h4-20,22,29,33H,21H2,1-3H3,(H,44,48)(H,50,51)(H,43,45,52). The van der Waals surface area contributed by atoms with Crippen LogP contribution in [-0.2, 0) is 43.9 Å². The number of alkyl halides is 3. The molecular weight excluding hydrogens is 852 g/mol. The minimum atomic E-state index is -6.03. The van der Waals surface area contributed by atoms with Crippen molar-refractivity contribution in [3.8, 4) is 0 Å². The Labute approximate surface area is 349 Å². The highest BCUT2D eigenvalue weighted by atomic mass is 32.2. The van der Waals surface area contributed by atoms with E-state index < -0.39 is 73.5 Å². The summed E-state index contributed by atoms with van der Waals surface area (Å²) in [4.78, 5) is 64.6. The number of thiazole rings is 1. The zero-order valence-electron chi connectivity index (χ0n) is 31.6. The molecule has 0 bridgehead atoms. The average Bonchev–Trinajstić information content (AvgIpc) is 3.65. The van der Waals surface area contributed by atoms with E-state index in [1.54, 1.807) is 57.2 Å². The minimum Gasteiger partial charge on any atom is -0.477 e. The number of oxime groups is 1. The zero-order chi connectivity index (χ0) is 43.5. The number of anilines is 1. The fourth-order valence-electron chi connectivity index (χ4n) is 6.04. The molecule has 4 aromatic rings. The van der Waals surface area contributed by atoms with Crippen molar-refractivity contribution in [2.24, 2.45) is 5.16 Å². The monoisotopic (exact) mass is 885 g/mol. The number of nitrogens with zero attached hydrogens (tertiary/aromatic N) is 3. The normalized spacial score (nSPS) is 17.4. The van der Waals surface area contributed by atoms with Gasteiger partial charge in [0.05, 0.1) is 0 Å². The Bertz CT molecular complexity index is 2380. The lowest BCUT2D eigenvalue weighted by molar-refractivity contribution is -0.150. The average molecular weight is 886 g/mol. The molecule has 0 spiro atoms. The van der Waals surface area contributed by atoms with E-state index in [2.05, 4.69) is 25.0 Å². The van der Waals surface area contributed by atoms with E-state index in [-0.39, 0.29) is 28.4 Å². The van der Waals surface area contributed by atoms with Crippen LogP contribution in [0, 0.1) is 0 Å². The molecule has 2 unspecified atom stereocenters. The van der Waals surface area contributed by atoms with Gasteiger partial charge in [0, 0.05) is 27.8 Å². The Hall–Kier alpha value is -6.19. The van der Waals surface area contributed by atoms with Crippen molar-refractivity contribution in [2.75, 3.05) is 11.1 Å². The number of allylic oxidation sites excluding steroid dienone is 1. The number of thioether (sulfide) groups is 1. The van der Waals surface area contributed by atoms with E-state index in [4.69, 9.17) is 9.57 Å². The first-order valence-corrected chi connectivity index (χ1v) is 20.9. The Balaban J connectivity index is 1.36. The third-order valence-electron chi connectivity index (χ3n) is 8.61. The fraction of sp³-hybridized carbons (Fsp3) is 0.231. The number of β-lactam (4-membered cyclic amide) rings is 1. The van der Waals surface area contributed by atoms with Gasteiger partial charge < -0.3 is 24.2 Å². The van der Waals surface area contributed by atoms with Crippen molar-refractivity contribution in [1.29, 1.82) is 0 Å². The van der Waals surface area contributed by atoms with Gasteiger partial charge in [0.1, 0.15) is 34.7 Å². The summed E-state index contributed by atoms with van der Waals surface area (Å²) in [6.45, 7) is 5.01. The van der Waals surface area contributed by atoms with Gasteiger partial charge in [0.25, 0.3) is 11.8 Å². The highest BCUT2D eigenvalue weighted by Gasteiger charge is 2.54. The first kappa shape index (κ1) is 43.4. The number of carbonyl (C=O) groups excluding carboxylic acids is 3. The van der Waals surface area contributed by atoms with E-state index in [0.29, 0.717) is 22.8 Å². The summed E-state index contributed by atoms with van der Waals surface area (Å²) in [5.74, 6) is -3.79. The van der Waals surface area contributed by atoms with Crippen LogP contribution in [0.3, 0.4) is 0 Å². The second-order valence-corrected chi connectivity index (χ2v) is 17.3. The van der Waals surface area contributed by atoms with Crippen LogP contribution in [0.2, 0.25) is 0 Å². The topological polar surface area (TPSA) is 203 Å². The third-order valence-corrected chi connectivity index (χ3v) is 11.6. The molecule has 3 aromatic carbocycles. The number of nitrogens with one attached hydrogen (secondary N) is 2. The van der Waals surface area contributed by atoms with Crippen molar-refractivity contribution in [2.45, 2.75) is 48.9 Å². The van der Waals surface area contributed by atoms with Gasteiger partial charge in [0.15, 0.2) is 10.8 Å². The molecule has 0 radical (unpaired) electrons. The van der Waals surface area contributed by atoms with Crippen LogP contribution < -0.4 is 10.6 Å². The maximum absolute atomic E-state index is 14.4. The SMILES string of the molecule is CC(C)(C)OC(=O)Nc1nc(C(=NOC(c2ccccc2)(c2ccccc2)c2ccccc2)C(=O)NC2C(=O)N3C(C(=O)O)=C(C=COS(=O)(=O)C(F)(F)F)CSC23)cs1. The van der Waals surface area contributed by atoms with Gasteiger partial charge >= 0.3 is 27.7 Å². The molecule has 3 heterocycles. The number of carbonyl (C=O) groups is 4. The molecule has 60 heavy (non-hydrogen) atoms. The number of hydrogen-bond donors (Lipinski definition) is 3. The number of halogens is 3. The molecule has 15 nitrogen and oxygen atoms in total. The smallest absolute Gasteiger partial charge is 0.477 e. The van der Waals surface area contributed by atoms with Crippen LogP contribution >= 0.6 is 23.1 Å². The first-order chi connectivity index (χ1) is 28.3. The van der Waals surface area contributed by atoms with Gasteiger partial charge in [-0.2, -0.15) is 21.6 Å². The Morgan fingerprint density at radius 2 is 1.48 bits per heavy atom. The number of ether oxygens (including phenoxy) is 1. The van der Waals surface area contributed by atoms with Crippen molar-refractivity contribution in [3.63, 3.8) is 0 Å². The van der Waals surface area contributed by atoms with Crippen molar-refractivity contribution < 1.29 is 59.6 Å². The van der Waals surface area contributed by atoms with E-state index in [1.807, 2.05) is 54.6 Å². The van der Waals surface area contributed by atoms with Gasteiger partial charge in [-0.1, -0.05) is 96.2 Å². The number of hydrogen-bond acceptors (Lipinski definition) is 13. The lowest BCUT2D eigenvalue weighted by atomic mass is 9.80. The molecule has 1 saturated heterocycles. The zero-order valence-corrected chi connectivity index (χ0v) is 34.0. The number of rotatable bonds is 13. The second-order valence-electron chi connectivity index (χ2n) is 13.8. The maximum atomic E-state index is 14.4. The van der Waals surface area contributed by atoms with Crippen molar-refractivity contribution >= 4 is 67.9 Å². The van der Waals surface area contributed by atoms with Crippen LogP contribution in [0.1, 0.15) is 43.2 Å². The maximum Gasteiger partial charge on any atom is 0.534 e. The van der Waals surface area contributed by atoms with Crippen LogP contribution in [0.25, 0.3) is 0 Å². The summed E-state index contributed by atoms with van der Waals surface area (Å²) in [7, 11) is -6.03. The van der Waals surface area contributed by atoms with E-state index in [9.17, 15) is 45.9 Å². The van der Waals surface area contributed by atoms with E-state index >= 15 is 0 Å². The molecule has 1 aromatic heterocycles. The molecule has 2 aliphatic heterocycles. The van der Waals surface area contributed by atoms with Gasteiger partial charge in [0.2, 0.25) is 5.60 Å². The number of carboxylic acid groups (broad SMARTS) is 1. The lowest BCUT2D eigenvalue weighted by Crippen LogP contribution is -2.71. The number of aliphatic carboxylic acids is 1. The Morgan fingerprint density at radius 3 is 1.98 bits per heavy atom.